The molecule has 1 unspecified atom stereocenters. The van der Waals surface area contributed by atoms with E-state index >= 15 is 0 Å². The molecule has 0 saturated carbocycles. The van der Waals surface area contributed by atoms with Crippen LogP contribution in [0.4, 0.5) is 0 Å². The molecule has 1 amide bonds. The average molecular weight is 348 g/mol. The highest BCUT2D eigenvalue weighted by Crippen LogP contribution is 2.15. The number of nitrogens with zero attached hydrogens (tertiary/aromatic N) is 2. The molecule has 1 fully saturated rings. The molecule has 2 aromatic carbocycles. The third-order valence-corrected chi connectivity index (χ3v) is 5.01. The third kappa shape index (κ3) is 3.78. The van der Waals surface area contributed by atoms with Crippen LogP contribution >= 0.6 is 0 Å². The molecular weight excluding hydrogens is 324 g/mol. The Kier molecular flexibility index (Phi) is 4.97. The molecule has 0 spiro atoms. The van der Waals surface area contributed by atoms with Crippen LogP contribution in [-0.2, 0) is 17.9 Å². The van der Waals surface area contributed by atoms with Crippen molar-refractivity contribution in [1.82, 2.24) is 20.2 Å². The maximum absolute atomic E-state index is 12.3. The first kappa shape index (κ1) is 16.8. The van der Waals surface area contributed by atoms with E-state index in [0.29, 0.717) is 6.54 Å². The van der Waals surface area contributed by atoms with Crippen molar-refractivity contribution in [2.75, 3.05) is 13.1 Å². The number of nitrogens with one attached hydrogen (secondary N) is 2. The van der Waals surface area contributed by atoms with Gasteiger partial charge in [0.25, 0.3) is 0 Å². The number of carbonyl (C=O) groups is 1. The van der Waals surface area contributed by atoms with Crippen LogP contribution in [0, 0.1) is 5.92 Å². The van der Waals surface area contributed by atoms with Crippen molar-refractivity contribution < 1.29 is 4.79 Å². The Hall–Kier alpha value is -2.66. The molecule has 1 aromatic heterocycles. The molecule has 2 N–H and O–H groups in total. The lowest BCUT2D eigenvalue weighted by molar-refractivity contribution is -0.125. The maximum atomic E-state index is 12.3. The van der Waals surface area contributed by atoms with Gasteiger partial charge in [0.05, 0.1) is 23.3 Å². The molecule has 5 nitrogen and oxygen atoms in total. The van der Waals surface area contributed by atoms with Crippen molar-refractivity contribution in [3.8, 4) is 0 Å². The molecule has 1 aliphatic rings. The Morgan fingerprint density at radius 1 is 1.19 bits per heavy atom. The van der Waals surface area contributed by atoms with E-state index in [-0.39, 0.29) is 11.8 Å². The number of piperidine rings is 1. The van der Waals surface area contributed by atoms with Crippen molar-refractivity contribution in [2.45, 2.75) is 25.9 Å². The molecule has 2 heterocycles. The van der Waals surface area contributed by atoms with Gasteiger partial charge < -0.3 is 15.2 Å². The number of benzene rings is 2. The number of aromatic nitrogens is 2. The van der Waals surface area contributed by atoms with Crippen molar-refractivity contribution in [1.29, 1.82) is 0 Å². The summed E-state index contributed by atoms with van der Waals surface area (Å²) in [6.07, 6.45) is 3.94. The standard InChI is InChI=1S/C21H24N4O/c26-21(18-7-4-10-22-13-18)23-12-16-5-3-6-17(11-16)14-25-15-24-19-8-1-2-9-20(19)25/h1-3,5-6,8-9,11,15,18,22H,4,7,10,12-14H2,(H,23,26). The fraction of sp³-hybridized carbons (Fsp3) is 0.333. The second kappa shape index (κ2) is 7.70. The Balaban J connectivity index is 1.41. The predicted octanol–water partition coefficient (Wildman–Crippen LogP) is 2.70. The quantitative estimate of drug-likeness (QED) is 0.745. The Labute approximate surface area is 153 Å². The van der Waals surface area contributed by atoms with Gasteiger partial charge >= 0.3 is 0 Å². The SMILES string of the molecule is O=C(NCc1cccc(Cn2cnc3ccccc32)c1)C1CCCNC1. The van der Waals surface area contributed by atoms with E-state index < -0.39 is 0 Å². The molecule has 3 aromatic rings. The van der Waals surface area contributed by atoms with Gasteiger partial charge in [-0.3, -0.25) is 4.79 Å². The molecule has 1 aliphatic heterocycles. The minimum atomic E-state index is 0.101. The normalized spacial score (nSPS) is 17.3. The summed E-state index contributed by atoms with van der Waals surface area (Å²) in [7, 11) is 0. The van der Waals surface area contributed by atoms with E-state index in [2.05, 4.69) is 50.5 Å². The van der Waals surface area contributed by atoms with Gasteiger partial charge in [0, 0.05) is 19.6 Å². The summed E-state index contributed by atoms with van der Waals surface area (Å²) in [6, 6.07) is 16.5. The van der Waals surface area contributed by atoms with E-state index in [1.807, 2.05) is 24.5 Å². The molecule has 5 heteroatoms. The van der Waals surface area contributed by atoms with E-state index in [9.17, 15) is 4.79 Å². The average Bonchev–Trinajstić information content (AvgIpc) is 3.10. The number of imidazole rings is 1. The zero-order valence-corrected chi connectivity index (χ0v) is 14.8. The van der Waals surface area contributed by atoms with Crippen molar-refractivity contribution >= 4 is 16.9 Å². The minimum Gasteiger partial charge on any atom is -0.352 e. The zero-order chi connectivity index (χ0) is 17.8. The van der Waals surface area contributed by atoms with Gasteiger partial charge in [-0.25, -0.2) is 4.98 Å². The molecule has 0 bridgehead atoms. The predicted molar refractivity (Wildman–Crippen MR) is 103 cm³/mol. The first-order valence-corrected chi connectivity index (χ1v) is 9.26. The van der Waals surface area contributed by atoms with Crippen LogP contribution in [0.3, 0.4) is 0 Å². The molecular formula is C21H24N4O. The summed E-state index contributed by atoms with van der Waals surface area (Å²) in [5.41, 5.74) is 4.48. The van der Waals surface area contributed by atoms with E-state index in [1.165, 1.54) is 5.56 Å². The molecule has 0 aliphatic carbocycles. The first-order valence-electron chi connectivity index (χ1n) is 9.26. The fourth-order valence-electron chi connectivity index (χ4n) is 3.58. The van der Waals surface area contributed by atoms with Gasteiger partial charge in [0.15, 0.2) is 0 Å². The molecule has 4 rings (SSSR count). The van der Waals surface area contributed by atoms with Gasteiger partial charge in [-0.2, -0.15) is 0 Å². The largest absolute Gasteiger partial charge is 0.352 e. The highest BCUT2D eigenvalue weighted by molar-refractivity contribution is 5.79. The lowest BCUT2D eigenvalue weighted by Gasteiger charge is -2.22. The number of fused-ring (bicyclic) bond motifs is 1. The van der Waals surface area contributed by atoms with E-state index in [4.69, 9.17) is 0 Å². The number of rotatable bonds is 5. The van der Waals surface area contributed by atoms with Crippen LogP contribution in [0.2, 0.25) is 0 Å². The molecule has 134 valence electrons. The fourth-order valence-corrected chi connectivity index (χ4v) is 3.58. The Morgan fingerprint density at radius 3 is 2.96 bits per heavy atom. The van der Waals surface area contributed by atoms with Gasteiger partial charge in [0.2, 0.25) is 5.91 Å². The number of hydrogen-bond acceptors (Lipinski definition) is 3. The summed E-state index contributed by atoms with van der Waals surface area (Å²) < 4.78 is 2.15. The molecule has 0 radical (unpaired) electrons. The lowest BCUT2D eigenvalue weighted by atomic mass is 9.99. The zero-order valence-electron chi connectivity index (χ0n) is 14.8. The van der Waals surface area contributed by atoms with Gasteiger partial charge in [0.1, 0.15) is 0 Å². The van der Waals surface area contributed by atoms with Crippen LogP contribution < -0.4 is 10.6 Å². The number of amides is 1. The van der Waals surface area contributed by atoms with Gasteiger partial charge in [-0.1, -0.05) is 36.4 Å². The summed E-state index contributed by atoms with van der Waals surface area (Å²) >= 11 is 0. The van der Waals surface area contributed by atoms with Gasteiger partial charge in [-0.15, -0.1) is 0 Å². The van der Waals surface area contributed by atoms with Crippen LogP contribution in [0.15, 0.2) is 54.9 Å². The first-order chi connectivity index (χ1) is 12.8. The topological polar surface area (TPSA) is 59.0 Å². The second-order valence-electron chi connectivity index (χ2n) is 6.94. The van der Waals surface area contributed by atoms with E-state index in [1.54, 1.807) is 0 Å². The number of para-hydroxylation sites is 2. The van der Waals surface area contributed by atoms with Crippen molar-refractivity contribution in [3.63, 3.8) is 0 Å². The number of carbonyl (C=O) groups excluding carboxylic acids is 1. The van der Waals surface area contributed by atoms with Crippen LogP contribution in [0.25, 0.3) is 11.0 Å². The van der Waals surface area contributed by atoms with Crippen molar-refractivity contribution in [3.05, 3.63) is 66.0 Å². The summed E-state index contributed by atoms with van der Waals surface area (Å²) in [6.45, 7) is 3.16. The van der Waals surface area contributed by atoms with E-state index in [0.717, 1.165) is 49.1 Å². The lowest BCUT2D eigenvalue weighted by Crippen LogP contribution is -2.40. The molecule has 1 atom stereocenters. The third-order valence-electron chi connectivity index (χ3n) is 5.01. The van der Waals surface area contributed by atoms with Crippen LogP contribution in [0.5, 0.6) is 0 Å². The maximum Gasteiger partial charge on any atom is 0.224 e. The highest BCUT2D eigenvalue weighted by Gasteiger charge is 2.20. The summed E-state index contributed by atoms with van der Waals surface area (Å²) in [5.74, 6) is 0.257. The Bertz CT molecular complexity index is 896. The molecule has 1 saturated heterocycles. The number of hydrogen-bond donors (Lipinski definition) is 2. The van der Waals surface area contributed by atoms with Crippen LogP contribution in [0.1, 0.15) is 24.0 Å². The summed E-state index contributed by atoms with van der Waals surface area (Å²) in [5, 5.41) is 6.38. The second-order valence-corrected chi connectivity index (χ2v) is 6.94. The minimum absolute atomic E-state index is 0.101. The molecule has 26 heavy (non-hydrogen) atoms. The monoisotopic (exact) mass is 348 g/mol. The Morgan fingerprint density at radius 2 is 2.08 bits per heavy atom. The summed E-state index contributed by atoms with van der Waals surface area (Å²) in [4.78, 5) is 16.7. The van der Waals surface area contributed by atoms with Crippen LogP contribution in [-0.4, -0.2) is 28.5 Å². The van der Waals surface area contributed by atoms with Gasteiger partial charge in [-0.05, 0) is 42.6 Å². The van der Waals surface area contributed by atoms with Crippen molar-refractivity contribution in [2.24, 2.45) is 5.92 Å². The highest BCUT2D eigenvalue weighted by atomic mass is 16.1. The smallest absolute Gasteiger partial charge is 0.224 e.